The number of hydrogen-bond donors (Lipinski definition) is 1. The van der Waals surface area contributed by atoms with Crippen molar-refractivity contribution in [1.82, 2.24) is 0 Å². The van der Waals surface area contributed by atoms with Gasteiger partial charge in [0.2, 0.25) is 0 Å². The molecule has 1 N–H and O–H groups in total. The molecule has 3 heteroatoms. The Morgan fingerprint density at radius 1 is 1.38 bits per heavy atom. The van der Waals surface area contributed by atoms with Crippen LogP contribution in [0.15, 0.2) is 24.3 Å². The SMILES string of the molecule is COc1ccc(C(O)C2CCCC2=O)cc1. The van der Waals surface area contributed by atoms with Gasteiger partial charge >= 0.3 is 0 Å². The van der Waals surface area contributed by atoms with Crippen molar-refractivity contribution in [3.05, 3.63) is 29.8 Å². The Morgan fingerprint density at radius 3 is 2.56 bits per heavy atom. The van der Waals surface area contributed by atoms with Crippen molar-refractivity contribution in [3.8, 4) is 5.75 Å². The van der Waals surface area contributed by atoms with E-state index in [4.69, 9.17) is 4.74 Å². The minimum atomic E-state index is -0.666. The first-order chi connectivity index (χ1) is 7.72. The van der Waals surface area contributed by atoms with Crippen molar-refractivity contribution in [2.75, 3.05) is 7.11 Å². The lowest BCUT2D eigenvalue weighted by atomic mass is 9.94. The molecule has 1 saturated carbocycles. The average molecular weight is 220 g/mol. The Labute approximate surface area is 95.0 Å². The minimum absolute atomic E-state index is 0.184. The smallest absolute Gasteiger partial charge is 0.138 e. The number of carbonyl (C=O) groups excluding carboxylic acids is 1. The van der Waals surface area contributed by atoms with Crippen LogP contribution in [0, 0.1) is 5.92 Å². The molecule has 1 aliphatic carbocycles. The van der Waals surface area contributed by atoms with Gasteiger partial charge in [0.15, 0.2) is 0 Å². The Balaban J connectivity index is 2.13. The number of benzene rings is 1. The van der Waals surface area contributed by atoms with Crippen LogP contribution >= 0.6 is 0 Å². The van der Waals surface area contributed by atoms with E-state index in [0.717, 1.165) is 24.2 Å². The van der Waals surface area contributed by atoms with E-state index in [1.165, 1.54) is 0 Å². The number of hydrogen-bond acceptors (Lipinski definition) is 3. The number of rotatable bonds is 3. The van der Waals surface area contributed by atoms with E-state index in [-0.39, 0.29) is 11.7 Å². The van der Waals surface area contributed by atoms with Gasteiger partial charge in [-0.15, -0.1) is 0 Å². The molecule has 2 atom stereocenters. The van der Waals surface area contributed by atoms with E-state index in [0.29, 0.717) is 6.42 Å². The topological polar surface area (TPSA) is 46.5 Å². The molecule has 0 aliphatic heterocycles. The zero-order valence-corrected chi connectivity index (χ0v) is 9.35. The summed E-state index contributed by atoms with van der Waals surface area (Å²) >= 11 is 0. The summed E-state index contributed by atoms with van der Waals surface area (Å²) in [6.45, 7) is 0. The van der Waals surface area contributed by atoms with E-state index < -0.39 is 6.10 Å². The molecule has 2 rings (SSSR count). The van der Waals surface area contributed by atoms with Crippen LogP contribution in [0.5, 0.6) is 5.75 Å². The maximum atomic E-state index is 11.5. The highest BCUT2D eigenvalue weighted by atomic mass is 16.5. The summed E-state index contributed by atoms with van der Waals surface area (Å²) in [5.41, 5.74) is 0.793. The van der Waals surface area contributed by atoms with Crippen LogP contribution in [0.25, 0.3) is 0 Å². The van der Waals surface area contributed by atoms with Gasteiger partial charge in [-0.1, -0.05) is 12.1 Å². The van der Waals surface area contributed by atoms with Crippen molar-refractivity contribution < 1.29 is 14.6 Å². The third kappa shape index (κ3) is 2.09. The Bertz CT molecular complexity index is 369. The van der Waals surface area contributed by atoms with Crippen LogP contribution in [-0.4, -0.2) is 18.0 Å². The van der Waals surface area contributed by atoms with Gasteiger partial charge in [0.1, 0.15) is 11.5 Å². The molecule has 86 valence electrons. The molecule has 0 aromatic heterocycles. The molecule has 0 saturated heterocycles. The highest BCUT2D eigenvalue weighted by Gasteiger charge is 2.31. The molecule has 1 fully saturated rings. The molecule has 0 amide bonds. The Kier molecular flexibility index (Phi) is 3.25. The normalized spacial score (nSPS) is 22.1. The van der Waals surface area contributed by atoms with Crippen molar-refractivity contribution in [2.24, 2.45) is 5.92 Å². The predicted octanol–water partition coefficient (Wildman–Crippen LogP) is 2.10. The van der Waals surface area contributed by atoms with Gasteiger partial charge in [0.05, 0.1) is 13.2 Å². The lowest BCUT2D eigenvalue weighted by Gasteiger charge is -2.17. The lowest BCUT2D eigenvalue weighted by Crippen LogP contribution is -2.16. The largest absolute Gasteiger partial charge is 0.497 e. The predicted molar refractivity (Wildman–Crippen MR) is 60.3 cm³/mol. The van der Waals surface area contributed by atoms with Crippen LogP contribution in [0.4, 0.5) is 0 Å². The summed E-state index contributed by atoms with van der Waals surface area (Å²) in [4.78, 5) is 11.5. The van der Waals surface area contributed by atoms with E-state index in [1.807, 2.05) is 12.1 Å². The summed E-state index contributed by atoms with van der Waals surface area (Å²) in [6.07, 6.45) is 1.64. The number of aliphatic hydroxyl groups excluding tert-OH is 1. The molecule has 1 aliphatic rings. The molecule has 0 heterocycles. The first-order valence-corrected chi connectivity index (χ1v) is 5.57. The first kappa shape index (κ1) is 11.1. The van der Waals surface area contributed by atoms with Gasteiger partial charge in [0, 0.05) is 12.3 Å². The molecule has 2 unspecified atom stereocenters. The van der Waals surface area contributed by atoms with Crippen molar-refractivity contribution in [3.63, 3.8) is 0 Å². The van der Waals surface area contributed by atoms with Crippen LogP contribution in [0.3, 0.4) is 0 Å². The summed E-state index contributed by atoms with van der Waals surface area (Å²) < 4.78 is 5.05. The van der Waals surface area contributed by atoms with Gasteiger partial charge in [-0.2, -0.15) is 0 Å². The number of ketones is 1. The second-order valence-electron chi connectivity index (χ2n) is 4.18. The molecule has 16 heavy (non-hydrogen) atoms. The van der Waals surface area contributed by atoms with Crippen LogP contribution < -0.4 is 4.74 Å². The van der Waals surface area contributed by atoms with Crippen LogP contribution in [0.1, 0.15) is 30.9 Å². The van der Waals surface area contributed by atoms with Gasteiger partial charge in [0.25, 0.3) is 0 Å². The summed E-state index contributed by atoms with van der Waals surface area (Å²) in [6, 6.07) is 7.24. The molecule has 0 bridgehead atoms. The Hall–Kier alpha value is -1.35. The highest BCUT2D eigenvalue weighted by molar-refractivity contribution is 5.83. The molecular weight excluding hydrogens is 204 g/mol. The zero-order valence-electron chi connectivity index (χ0n) is 9.35. The standard InChI is InChI=1S/C13H16O3/c1-16-10-7-5-9(6-8-10)13(15)11-3-2-4-12(11)14/h5-8,11,13,15H,2-4H2,1H3. The van der Waals surface area contributed by atoms with E-state index in [9.17, 15) is 9.90 Å². The fourth-order valence-corrected chi connectivity index (χ4v) is 2.21. The molecule has 3 nitrogen and oxygen atoms in total. The quantitative estimate of drug-likeness (QED) is 0.848. The third-order valence-corrected chi connectivity index (χ3v) is 3.19. The number of carbonyl (C=O) groups is 1. The van der Waals surface area contributed by atoms with Crippen molar-refractivity contribution in [2.45, 2.75) is 25.4 Å². The number of ether oxygens (including phenoxy) is 1. The fraction of sp³-hybridized carbons (Fsp3) is 0.462. The first-order valence-electron chi connectivity index (χ1n) is 5.57. The monoisotopic (exact) mass is 220 g/mol. The van der Waals surface area contributed by atoms with E-state index in [1.54, 1.807) is 19.2 Å². The second-order valence-corrected chi connectivity index (χ2v) is 4.18. The third-order valence-electron chi connectivity index (χ3n) is 3.19. The van der Waals surface area contributed by atoms with Gasteiger partial charge in [-0.05, 0) is 30.5 Å². The van der Waals surface area contributed by atoms with Gasteiger partial charge in [-0.25, -0.2) is 0 Å². The molecule has 0 radical (unpaired) electrons. The molecular formula is C13H16O3. The molecule has 1 aromatic carbocycles. The van der Waals surface area contributed by atoms with E-state index >= 15 is 0 Å². The van der Waals surface area contributed by atoms with E-state index in [2.05, 4.69) is 0 Å². The zero-order chi connectivity index (χ0) is 11.5. The number of methoxy groups -OCH3 is 1. The van der Waals surface area contributed by atoms with Gasteiger partial charge in [-0.3, -0.25) is 4.79 Å². The number of aliphatic hydroxyl groups is 1. The summed E-state index contributed by atoms with van der Waals surface area (Å²) in [5.74, 6) is 0.727. The van der Waals surface area contributed by atoms with Crippen molar-refractivity contribution >= 4 is 5.78 Å². The Morgan fingerprint density at radius 2 is 2.06 bits per heavy atom. The minimum Gasteiger partial charge on any atom is -0.497 e. The lowest BCUT2D eigenvalue weighted by molar-refractivity contribution is -0.123. The fourth-order valence-electron chi connectivity index (χ4n) is 2.21. The van der Waals surface area contributed by atoms with Gasteiger partial charge < -0.3 is 9.84 Å². The van der Waals surface area contributed by atoms with Crippen molar-refractivity contribution in [1.29, 1.82) is 0 Å². The maximum absolute atomic E-state index is 11.5. The maximum Gasteiger partial charge on any atom is 0.138 e. The second kappa shape index (κ2) is 4.66. The summed E-state index contributed by atoms with van der Waals surface area (Å²) in [7, 11) is 1.60. The average Bonchev–Trinajstić information content (AvgIpc) is 2.75. The summed E-state index contributed by atoms with van der Waals surface area (Å²) in [5, 5.41) is 10.1. The van der Waals surface area contributed by atoms with Crippen LogP contribution in [0.2, 0.25) is 0 Å². The highest BCUT2D eigenvalue weighted by Crippen LogP contribution is 2.33. The molecule has 1 aromatic rings. The molecule has 0 spiro atoms. The van der Waals surface area contributed by atoms with Crippen LogP contribution in [-0.2, 0) is 4.79 Å². The number of Topliss-reactive ketones (excluding diaryl/α,β-unsaturated/α-hetero) is 1.